The third-order valence-corrected chi connectivity index (χ3v) is 6.63. The van der Waals surface area contributed by atoms with Crippen LogP contribution in [-0.4, -0.2) is 25.3 Å². The topological polar surface area (TPSA) is 61.2 Å². The summed E-state index contributed by atoms with van der Waals surface area (Å²) in [4.78, 5) is 0.0799. The van der Waals surface area contributed by atoms with Crippen LogP contribution in [-0.2, 0) is 10.0 Å². The van der Waals surface area contributed by atoms with Gasteiger partial charge in [0.1, 0.15) is 4.90 Å². The fourth-order valence-electron chi connectivity index (χ4n) is 2.89. The summed E-state index contributed by atoms with van der Waals surface area (Å²) in [6, 6.07) is 6.21. The normalized spacial score (nSPS) is 27.3. The number of benzene rings is 1. The molecular weight excluding hydrogens is 308 g/mol. The van der Waals surface area contributed by atoms with Crippen molar-refractivity contribution in [1.82, 2.24) is 4.31 Å². The molecular formula is C15H19ClN2O2S. The minimum Gasteiger partial charge on any atom is -0.207 e. The molecule has 1 heterocycles. The molecule has 1 aliphatic rings. The Morgan fingerprint density at radius 1 is 1.33 bits per heavy atom. The smallest absolute Gasteiger partial charge is 0.207 e. The summed E-state index contributed by atoms with van der Waals surface area (Å²) >= 11 is 6.08. The first-order valence-corrected chi connectivity index (χ1v) is 8.80. The second-order valence-electron chi connectivity index (χ2n) is 5.89. The minimum absolute atomic E-state index is 0.0575. The lowest BCUT2D eigenvalue weighted by molar-refractivity contribution is 0.157. The number of hydrogen-bond donors (Lipinski definition) is 0. The summed E-state index contributed by atoms with van der Waals surface area (Å²) < 4.78 is 27.3. The van der Waals surface area contributed by atoms with E-state index in [2.05, 4.69) is 13.8 Å². The van der Waals surface area contributed by atoms with Gasteiger partial charge < -0.3 is 0 Å². The molecule has 3 unspecified atom stereocenters. The van der Waals surface area contributed by atoms with E-state index in [1.54, 1.807) is 4.31 Å². The Kier molecular flexibility index (Phi) is 4.62. The van der Waals surface area contributed by atoms with Crippen molar-refractivity contribution < 1.29 is 8.42 Å². The van der Waals surface area contributed by atoms with E-state index in [-0.39, 0.29) is 16.0 Å². The first-order valence-electron chi connectivity index (χ1n) is 6.99. The second kappa shape index (κ2) is 5.96. The van der Waals surface area contributed by atoms with Crippen molar-refractivity contribution in [3.63, 3.8) is 0 Å². The molecule has 0 aliphatic carbocycles. The molecule has 3 atom stereocenters. The molecule has 6 heteroatoms. The summed E-state index contributed by atoms with van der Waals surface area (Å²) in [7, 11) is -3.64. The van der Waals surface area contributed by atoms with E-state index < -0.39 is 10.0 Å². The Morgan fingerprint density at radius 2 is 2.00 bits per heavy atom. The van der Waals surface area contributed by atoms with Gasteiger partial charge in [-0.2, -0.15) is 9.57 Å². The molecule has 0 bridgehead atoms. The van der Waals surface area contributed by atoms with E-state index in [1.807, 2.05) is 13.0 Å². The van der Waals surface area contributed by atoms with Crippen molar-refractivity contribution in [2.75, 3.05) is 6.54 Å². The number of piperidine rings is 1. The van der Waals surface area contributed by atoms with Crippen LogP contribution in [0.2, 0.25) is 5.02 Å². The van der Waals surface area contributed by atoms with Crippen molar-refractivity contribution in [2.45, 2.75) is 38.1 Å². The molecule has 21 heavy (non-hydrogen) atoms. The van der Waals surface area contributed by atoms with Crippen LogP contribution in [0, 0.1) is 23.2 Å². The molecule has 1 aromatic carbocycles. The van der Waals surface area contributed by atoms with Crippen LogP contribution in [0.25, 0.3) is 0 Å². The highest BCUT2D eigenvalue weighted by Crippen LogP contribution is 2.34. The number of nitrogens with zero attached hydrogens (tertiary/aromatic N) is 2. The summed E-state index contributed by atoms with van der Waals surface area (Å²) in [5.41, 5.74) is 0.354. The van der Waals surface area contributed by atoms with Gasteiger partial charge in [0.2, 0.25) is 10.0 Å². The Bertz CT molecular complexity index is 681. The van der Waals surface area contributed by atoms with Gasteiger partial charge in [-0.25, -0.2) is 8.42 Å². The van der Waals surface area contributed by atoms with Gasteiger partial charge in [0.25, 0.3) is 0 Å². The maximum absolute atomic E-state index is 12.9. The minimum atomic E-state index is -3.64. The lowest BCUT2D eigenvalue weighted by Crippen LogP contribution is -2.48. The van der Waals surface area contributed by atoms with Crippen molar-refractivity contribution in [3.8, 4) is 6.07 Å². The lowest BCUT2D eigenvalue weighted by atomic mass is 9.88. The monoisotopic (exact) mass is 326 g/mol. The summed E-state index contributed by atoms with van der Waals surface area (Å²) in [5.74, 6) is 0.629. The Hall–Kier alpha value is -1.09. The highest BCUT2D eigenvalue weighted by molar-refractivity contribution is 7.89. The van der Waals surface area contributed by atoms with Crippen molar-refractivity contribution in [1.29, 1.82) is 5.26 Å². The molecule has 4 nitrogen and oxygen atoms in total. The first-order chi connectivity index (χ1) is 9.77. The molecule has 0 radical (unpaired) electrons. The number of hydrogen-bond acceptors (Lipinski definition) is 3. The predicted molar refractivity (Wildman–Crippen MR) is 82.5 cm³/mol. The van der Waals surface area contributed by atoms with Gasteiger partial charge in [-0.15, -0.1) is 0 Å². The number of sulfonamides is 1. The molecule has 114 valence electrons. The highest BCUT2D eigenvalue weighted by Gasteiger charge is 2.37. The van der Waals surface area contributed by atoms with E-state index in [4.69, 9.17) is 16.9 Å². The zero-order valence-electron chi connectivity index (χ0n) is 12.4. The molecule has 1 saturated heterocycles. The van der Waals surface area contributed by atoms with E-state index in [0.717, 1.165) is 6.42 Å². The van der Waals surface area contributed by atoms with Crippen LogP contribution < -0.4 is 0 Å². The highest BCUT2D eigenvalue weighted by atomic mass is 35.5. The molecule has 1 aromatic rings. The third-order valence-electron chi connectivity index (χ3n) is 4.19. The van der Waals surface area contributed by atoms with Crippen LogP contribution in [0.3, 0.4) is 0 Å². The van der Waals surface area contributed by atoms with Crippen molar-refractivity contribution in [3.05, 3.63) is 28.8 Å². The quantitative estimate of drug-likeness (QED) is 0.838. The van der Waals surface area contributed by atoms with Gasteiger partial charge in [0, 0.05) is 12.6 Å². The van der Waals surface area contributed by atoms with Gasteiger partial charge in [0.15, 0.2) is 0 Å². The largest absolute Gasteiger partial charge is 0.244 e. The van der Waals surface area contributed by atoms with Gasteiger partial charge in [-0.05, 0) is 43.4 Å². The maximum atomic E-state index is 12.9. The lowest BCUT2D eigenvalue weighted by Gasteiger charge is -2.40. The van der Waals surface area contributed by atoms with E-state index in [9.17, 15) is 8.42 Å². The SMILES string of the molecule is CC1CC(C)C(C)N(S(=O)(=O)c2ccc(C#N)cc2Cl)C1. The molecule has 0 amide bonds. The molecule has 0 saturated carbocycles. The zero-order valence-corrected chi connectivity index (χ0v) is 13.9. The molecule has 0 N–H and O–H groups in total. The average Bonchev–Trinajstić information content (AvgIpc) is 2.42. The Balaban J connectivity index is 2.44. The number of rotatable bonds is 2. The first kappa shape index (κ1) is 16.3. The maximum Gasteiger partial charge on any atom is 0.244 e. The van der Waals surface area contributed by atoms with E-state index in [1.165, 1.54) is 18.2 Å². The van der Waals surface area contributed by atoms with Crippen LogP contribution in [0.4, 0.5) is 0 Å². The standard InChI is InChI=1S/C15H19ClN2O2S/c1-10-6-11(2)12(3)18(9-10)21(19,20)15-5-4-13(8-17)7-14(15)16/h4-5,7,10-12H,6,9H2,1-3H3. The molecule has 0 aromatic heterocycles. The van der Waals surface area contributed by atoms with Crippen molar-refractivity contribution in [2.24, 2.45) is 11.8 Å². The summed E-state index contributed by atoms with van der Waals surface area (Å²) in [5, 5.41) is 8.95. The van der Waals surface area contributed by atoms with E-state index in [0.29, 0.717) is 23.9 Å². The summed E-state index contributed by atoms with van der Waals surface area (Å²) in [6.07, 6.45) is 1.02. The van der Waals surface area contributed by atoms with Gasteiger partial charge in [-0.1, -0.05) is 25.4 Å². The van der Waals surface area contributed by atoms with E-state index >= 15 is 0 Å². The van der Waals surface area contributed by atoms with Gasteiger partial charge >= 0.3 is 0 Å². The number of halogens is 1. The molecule has 0 spiro atoms. The fraction of sp³-hybridized carbons (Fsp3) is 0.533. The van der Waals surface area contributed by atoms with Crippen LogP contribution in [0.5, 0.6) is 0 Å². The average molecular weight is 327 g/mol. The van der Waals surface area contributed by atoms with Crippen molar-refractivity contribution >= 4 is 21.6 Å². The fourth-order valence-corrected chi connectivity index (χ4v) is 5.25. The van der Waals surface area contributed by atoms with Gasteiger partial charge in [-0.3, -0.25) is 0 Å². The molecule has 2 rings (SSSR count). The molecule has 1 fully saturated rings. The third kappa shape index (κ3) is 3.08. The summed E-state index contributed by atoms with van der Waals surface area (Å²) in [6.45, 7) is 6.57. The predicted octanol–water partition coefficient (Wildman–Crippen LogP) is 3.27. The number of nitriles is 1. The zero-order chi connectivity index (χ0) is 15.8. The second-order valence-corrected chi connectivity index (χ2v) is 8.16. The van der Waals surface area contributed by atoms with Crippen LogP contribution in [0.15, 0.2) is 23.1 Å². The van der Waals surface area contributed by atoms with Crippen LogP contribution in [0.1, 0.15) is 32.8 Å². The Morgan fingerprint density at radius 3 is 2.57 bits per heavy atom. The Labute approximate surface area is 131 Å². The molecule has 1 aliphatic heterocycles. The van der Waals surface area contributed by atoms with Crippen LogP contribution >= 0.6 is 11.6 Å². The van der Waals surface area contributed by atoms with Gasteiger partial charge in [0.05, 0.1) is 16.7 Å².